The van der Waals surface area contributed by atoms with Crippen LogP contribution in [0.25, 0.3) is 0 Å². The Balaban J connectivity index is 1.52. The Kier molecular flexibility index (Phi) is 9.33. The number of likely N-dealkylation sites (tertiary alicyclic amines) is 1. The Bertz CT molecular complexity index is 1060. The van der Waals surface area contributed by atoms with Crippen LogP contribution in [0.2, 0.25) is 0 Å². The van der Waals surface area contributed by atoms with Gasteiger partial charge in [0.05, 0.1) is 12.5 Å². The SMILES string of the molecule is CCOC(=O)C1CCCN(C(=O)CCCSc2nc(C)c(Cc3ccc(C)cc3)c(=O)n2C)C1. The maximum atomic E-state index is 13.0. The van der Waals surface area contributed by atoms with Gasteiger partial charge >= 0.3 is 5.97 Å². The Morgan fingerprint density at radius 2 is 1.94 bits per heavy atom. The first-order valence-corrected chi connectivity index (χ1v) is 13.0. The van der Waals surface area contributed by atoms with Gasteiger partial charge in [0.2, 0.25) is 5.91 Å². The number of benzene rings is 1. The van der Waals surface area contributed by atoms with Gasteiger partial charge < -0.3 is 9.64 Å². The molecule has 1 saturated heterocycles. The average Bonchev–Trinajstić information content (AvgIpc) is 2.83. The van der Waals surface area contributed by atoms with Crippen molar-refractivity contribution in [2.45, 2.75) is 58.0 Å². The van der Waals surface area contributed by atoms with Gasteiger partial charge in [-0.3, -0.25) is 19.0 Å². The maximum Gasteiger partial charge on any atom is 0.310 e. The van der Waals surface area contributed by atoms with E-state index in [-0.39, 0.29) is 23.4 Å². The molecule has 2 heterocycles. The molecule has 34 heavy (non-hydrogen) atoms. The van der Waals surface area contributed by atoms with Crippen molar-refractivity contribution in [3.05, 3.63) is 57.0 Å². The van der Waals surface area contributed by atoms with Crippen molar-refractivity contribution in [2.75, 3.05) is 25.4 Å². The molecular formula is C26H35N3O4S. The summed E-state index contributed by atoms with van der Waals surface area (Å²) in [5.74, 6) is 0.342. The highest BCUT2D eigenvalue weighted by atomic mass is 32.2. The molecule has 7 nitrogen and oxygen atoms in total. The molecule has 1 fully saturated rings. The van der Waals surface area contributed by atoms with Gasteiger partial charge in [0, 0.05) is 50.0 Å². The van der Waals surface area contributed by atoms with Crippen LogP contribution in [0.4, 0.5) is 0 Å². The molecule has 0 saturated carbocycles. The molecule has 1 unspecified atom stereocenters. The van der Waals surface area contributed by atoms with Crippen molar-refractivity contribution < 1.29 is 14.3 Å². The fourth-order valence-corrected chi connectivity index (χ4v) is 5.12. The molecule has 0 N–H and O–H groups in total. The summed E-state index contributed by atoms with van der Waals surface area (Å²) in [6.45, 7) is 7.23. The number of hydrogen-bond donors (Lipinski definition) is 0. The minimum absolute atomic E-state index is 0.0232. The quantitative estimate of drug-likeness (QED) is 0.233. The first-order valence-electron chi connectivity index (χ1n) is 12.0. The molecule has 0 radical (unpaired) electrons. The molecular weight excluding hydrogens is 450 g/mol. The lowest BCUT2D eigenvalue weighted by molar-refractivity contribution is -0.151. The fourth-order valence-electron chi connectivity index (χ4n) is 4.17. The van der Waals surface area contributed by atoms with Crippen molar-refractivity contribution in [1.82, 2.24) is 14.5 Å². The predicted molar refractivity (Wildman–Crippen MR) is 134 cm³/mol. The minimum Gasteiger partial charge on any atom is -0.466 e. The lowest BCUT2D eigenvalue weighted by atomic mass is 9.98. The summed E-state index contributed by atoms with van der Waals surface area (Å²) >= 11 is 1.50. The van der Waals surface area contributed by atoms with E-state index in [4.69, 9.17) is 4.74 Å². The lowest BCUT2D eigenvalue weighted by Crippen LogP contribution is -2.42. The summed E-state index contributed by atoms with van der Waals surface area (Å²) in [7, 11) is 1.75. The highest BCUT2D eigenvalue weighted by molar-refractivity contribution is 7.99. The number of carbonyl (C=O) groups is 2. The molecule has 1 aromatic carbocycles. The number of thioether (sulfide) groups is 1. The van der Waals surface area contributed by atoms with Crippen LogP contribution in [-0.2, 0) is 27.8 Å². The van der Waals surface area contributed by atoms with Crippen molar-refractivity contribution in [1.29, 1.82) is 0 Å². The Hall–Kier alpha value is -2.61. The Labute approximate surface area is 205 Å². The number of aromatic nitrogens is 2. The summed E-state index contributed by atoms with van der Waals surface area (Å²) in [5, 5.41) is 0.669. The van der Waals surface area contributed by atoms with Gasteiger partial charge in [0.15, 0.2) is 5.16 Å². The predicted octanol–water partition coefficient (Wildman–Crippen LogP) is 3.66. The van der Waals surface area contributed by atoms with Crippen molar-refractivity contribution >= 4 is 23.6 Å². The number of rotatable bonds is 9. The zero-order valence-corrected chi connectivity index (χ0v) is 21.5. The Morgan fingerprint density at radius 1 is 1.21 bits per heavy atom. The van der Waals surface area contributed by atoms with E-state index in [0.29, 0.717) is 55.4 Å². The van der Waals surface area contributed by atoms with Crippen LogP contribution in [0, 0.1) is 19.8 Å². The van der Waals surface area contributed by atoms with E-state index in [0.717, 1.165) is 24.1 Å². The number of nitrogens with zero attached hydrogens (tertiary/aromatic N) is 3. The average molecular weight is 486 g/mol. The number of amides is 1. The highest BCUT2D eigenvalue weighted by Crippen LogP contribution is 2.21. The number of ether oxygens (including phenoxy) is 1. The molecule has 1 amide bonds. The number of piperidine rings is 1. The van der Waals surface area contributed by atoms with Gasteiger partial charge in [-0.25, -0.2) is 4.98 Å². The second-order valence-corrected chi connectivity index (χ2v) is 9.93. The first kappa shape index (κ1) is 26.0. The summed E-state index contributed by atoms with van der Waals surface area (Å²) in [5.41, 5.74) is 3.72. The third kappa shape index (κ3) is 6.72. The van der Waals surface area contributed by atoms with E-state index in [1.807, 2.05) is 26.0 Å². The van der Waals surface area contributed by atoms with Gasteiger partial charge in [-0.1, -0.05) is 41.6 Å². The zero-order valence-electron chi connectivity index (χ0n) is 20.6. The fraction of sp³-hybridized carbons (Fsp3) is 0.538. The van der Waals surface area contributed by atoms with Crippen LogP contribution in [0.15, 0.2) is 34.2 Å². The lowest BCUT2D eigenvalue weighted by Gasteiger charge is -2.31. The largest absolute Gasteiger partial charge is 0.466 e. The van der Waals surface area contributed by atoms with Crippen LogP contribution in [-0.4, -0.2) is 51.8 Å². The van der Waals surface area contributed by atoms with Crippen LogP contribution in [0.3, 0.4) is 0 Å². The number of esters is 1. The van der Waals surface area contributed by atoms with Gasteiger partial charge in [0.25, 0.3) is 5.56 Å². The van der Waals surface area contributed by atoms with Crippen molar-refractivity contribution in [3.63, 3.8) is 0 Å². The minimum atomic E-state index is -0.216. The monoisotopic (exact) mass is 485 g/mol. The molecule has 1 atom stereocenters. The number of hydrogen-bond acceptors (Lipinski definition) is 6. The molecule has 1 aromatic heterocycles. The molecule has 8 heteroatoms. The summed E-state index contributed by atoms with van der Waals surface area (Å²) in [6.07, 6.45) is 3.26. The van der Waals surface area contributed by atoms with E-state index in [1.54, 1.807) is 23.4 Å². The molecule has 1 aliphatic heterocycles. The van der Waals surface area contributed by atoms with Gasteiger partial charge in [-0.05, 0) is 45.6 Å². The molecule has 0 bridgehead atoms. The zero-order chi connectivity index (χ0) is 24.7. The molecule has 1 aliphatic rings. The molecule has 2 aromatic rings. The van der Waals surface area contributed by atoms with E-state index < -0.39 is 0 Å². The third-order valence-electron chi connectivity index (χ3n) is 6.21. The first-order chi connectivity index (χ1) is 16.3. The van der Waals surface area contributed by atoms with E-state index in [2.05, 4.69) is 17.1 Å². The number of aryl methyl sites for hydroxylation is 2. The van der Waals surface area contributed by atoms with Crippen LogP contribution >= 0.6 is 11.8 Å². The second kappa shape index (κ2) is 12.2. The Morgan fingerprint density at radius 3 is 2.65 bits per heavy atom. The van der Waals surface area contributed by atoms with Crippen LogP contribution in [0.5, 0.6) is 0 Å². The van der Waals surface area contributed by atoms with Crippen LogP contribution in [0.1, 0.15) is 55.0 Å². The smallest absolute Gasteiger partial charge is 0.310 e. The molecule has 0 spiro atoms. The maximum absolute atomic E-state index is 13.0. The standard InChI is InChI=1S/C26H35N3O4S/c1-5-33-25(32)21-8-6-14-29(17-21)23(30)9-7-15-34-26-27-19(3)22(24(31)28(26)4)16-20-12-10-18(2)11-13-20/h10-13,21H,5-9,14-17H2,1-4H3. The van der Waals surface area contributed by atoms with E-state index in [9.17, 15) is 14.4 Å². The molecule has 0 aliphatic carbocycles. The third-order valence-corrected chi connectivity index (χ3v) is 7.33. The van der Waals surface area contributed by atoms with Crippen molar-refractivity contribution in [3.8, 4) is 0 Å². The molecule has 3 rings (SSSR count). The summed E-state index contributed by atoms with van der Waals surface area (Å²) < 4.78 is 6.73. The summed E-state index contributed by atoms with van der Waals surface area (Å²) in [6, 6.07) is 8.19. The van der Waals surface area contributed by atoms with E-state index >= 15 is 0 Å². The molecule has 184 valence electrons. The topological polar surface area (TPSA) is 81.5 Å². The van der Waals surface area contributed by atoms with E-state index in [1.165, 1.54) is 17.3 Å². The summed E-state index contributed by atoms with van der Waals surface area (Å²) in [4.78, 5) is 44.1. The van der Waals surface area contributed by atoms with Gasteiger partial charge in [-0.15, -0.1) is 0 Å². The normalized spacial score (nSPS) is 15.9. The second-order valence-electron chi connectivity index (χ2n) is 8.87. The van der Waals surface area contributed by atoms with Gasteiger partial charge in [-0.2, -0.15) is 0 Å². The number of carbonyl (C=O) groups excluding carboxylic acids is 2. The van der Waals surface area contributed by atoms with Crippen LogP contribution < -0.4 is 5.56 Å². The van der Waals surface area contributed by atoms with Gasteiger partial charge in [0.1, 0.15) is 0 Å². The van der Waals surface area contributed by atoms with Crippen molar-refractivity contribution in [2.24, 2.45) is 13.0 Å². The highest BCUT2D eigenvalue weighted by Gasteiger charge is 2.29.